The molecular formula is C24H32ClN3O3S. The summed E-state index contributed by atoms with van der Waals surface area (Å²) < 4.78 is 27.6. The first-order chi connectivity index (χ1) is 15.1. The molecule has 32 heavy (non-hydrogen) atoms. The summed E-state index contributed by atoms with van der Waals surface area (Å²) in [5.41, 5.74) is 1.60. The zero-order chi connectivity index (χ0) is 23.3. The first kappa shape index (κ1) is 24.6. The van der Waals surface area contributed by atoms with Gasteiger partial charge in [0.05, 0.1) is 21.2 Å². The van der Waals surface area contributed by atoms with Crippen molar-refractivity contribution in [2.45, 2.75) is 38.5 Å². The summed E-state index contributed by atoms with van der Waals surface area (Å²) in [6.45, 7) is 10.2. The molecule has 1 aliphatic rings. The molecule has 3 rings (SSSR count). The number of carbonyl (C=O) groups is 1. The molecule has 1 heterocycles. The summed E-state index contributed by atoms with van der Waals surface area (Å²) in [4.78, 5) is 15.2. The standard InChI is InChI=1S/C24H32ClN3O3S/c1-17-5-8-21(9-6-17)32(30,31)27-20-7-10-22(23(25)14-20)24(29)26-11-4-12-28-15-18(2)13-19(3)16-28/h5-10,14,18-19,27H,4,11-13,15-16H2,1-3H3,(H,26,29)/t18-,19-/m0/s1. The minimum Gasteiger partial charge on any atom is -0.352 e. The van der Waals surface area contributed by atoms with E-state index in [1.807, 2.05) is 6.92 Å². The van der Waals surface area contributed by atoms with Gasteiger partial charge in [0.25, 0.3) is 15.9 Å². The lowest BCUT2D eigenvalue weighted by molar-refractivity contribution is 0.0947. The molecule has 6 nitrogen and oxygen atoms in total. The highest BCUT2D eigenvalue weighted by atomic mass is 35.5. The lowest BCUT2D eigenvalue weighted by Gasteiger charge is -2.34. The summed E-state index contributed by atoms with van der Waals surface area (Å²) >= 11 is 6.28. The van der Waals surface area contributed by atoms with Crippen molar-refractivity contribution in [2.75, 3.05) is 30.9 Å². The molecular weight excluding hydrogens is 446 g/mol. The molecule has 2 aromatic rings. The Morgan fingerprint density at radius 1 is 1.09 bits per heavy atom. The Labute approximate surface area is 196 Å². The van der Waals surface area contributed by atoms with Crippen LogP contribution < -0.4 is 10.0 Å². The highest BCUT2D eigenvalue weighted by Gasteiger charge is 2.21. The molecule has 0 bridgehead atoms. The van der Waals surface area contributed by atoms with Crippen molar-refractivity contribution >= 4 is 33.2 Å². The Kier molecular flexibility index (Phi) is 8.20. The Hall–Kier alpha value is -2.09. The summed E-state index contributed by atoms with van der Waals surface area (Å²) in [7, 11) is -3.73. The molecule has 1 fully saturated rings. The monoisotopic (exact) mass is 477 g/mol. The Bertz CT molecular complexity index is 1030. The van der Waals surface area contributed by atoms with E-state index < -0.39 is 10.0 Å². The number of likely N-dealkylation sites (tertiary alicyclic amines) is 1. The van der Waals surface area contributed by atoms with Gasteiger partial charge in [-0.15, -0.1) is 0 Å². The Balaban J connectivity index is 1.53. The van der Waals surface area contributed by atoms with Crippen LogP contribution in [0, 0.1) is 18.8 Å². The van der Waals surface area contributed by atoms with Crippen molar-refractivity contribution in [2.24, 2.45) is 11.8 Å². The first-order valence-electron chi connectivity index (χ1n) is 11.0. The van der Waals surface area contributed by atoms with Crippen LogP contribution in [0.2, 0.25) is 5.02 Å². The number of piperidine rings is 1. The molecule has 2 aromatic carbocycles. The zero-order valence-corrected chi connectivity index (χ0v) is 20.5. The summed E-state index contributed by atoms with van der Waals surface area (Å²) in [5, 5.41) is 3.11. The van der Waals surface area contributed by atoms with Crippen LogP contribution in [0.3, 0.4) is 0 Å². The molecule has 0 unspecified atom stereocenters. The van der Waals surface area contributed by atoms with Crippen molar-refractivity contribution in [3.05, 3.63) is 58.6 Å². The Morgan fingerprint density at radius 2 is 1.75 bits per heavy atom. The number of benzene rings is 2. The van der Waals surface area contributed by atoms with Crippen LogP contribution >= 0.6 is 11.6 Å². The predicted octanol–water partition coefficient (Wildman–Crippen LogP) is 4.55. The van der Waals surface area contributed by atoms with Gasteiger partial charge in [-0.1, -0.05) is 43.1 Å². The lowest BCUT2D eigenvalue weighted by Crippen LogP contribution is -2.40. The van der Waals surface area contributed by atoms with E-state index in [1.165, 1.54) is 12.5 Å². The lowest BCUT2D eigenvalue weighted by atomic mass is 9.92. The number of amides is 1. The highest BCUT2D eigenvalue weighted by molar-refractivity contribution is 7.92. The number of nitrogens with zero attached hydrogens (tertiary/aromatic N) is 1. The highest BCUT2D eigenvalue weighted by Crippen LogP contribution is 2.24. The van der Waals surface area contributed by atoms with Gasteiger partial charge in [-0.2, -0.15) is 0 Å². The number of anilines is 1. The van der Waals surface area contributed by atoms with Crippen LogP contribution in [0.15, 0.2) is 47.4 Å². The molecule has 1 amide bonds. The average Bonchev–Trinajstić information content (AvgIpc) is 2.70. The second-order valence-electron chi connectivity index (χ2n) is 8.93. The molecule has 1 saturated heterocycles. The van der Waals surface area contributed by atoms with Crippen LogP contribution in [0.4, 0.5) is 5.69 Å². The third-order valence-electron chi connectivity index (χ3n) is 5.68. The maximum atomic E-state index is 12.6. The van der Waals surface area contributed by atoms with E-state index in [1.54, 1.807) is 36.4 Å². The molecule has 0 radical (unpaired) electrons. The quantitative estimate of drug-likeness (QED) is 0.547. The number of carbonyl (C=O) groups excluding carboxylic acids is 1. The van der Waals surface area contributed by atoms with Crippen LogP contribution in [-0.2, 0) is 10.0 Å². The van der Waals surface area contributed by atoms with E-state index in [0.717, 1.165) is 31.6 Å². The number of rotatable bonds is 8. The molecule has 174 valence electrons. The molecule has 8 heteroatoms. The van der Waals surface area contributed by atoms with E-state index in [0.29, 0.717) is 29.6 Å². The molecule has 0 aromatic heterocycles. The number of aryl methyl sites for hydroxylation is 1. The second kappa shape index (κ2) is 10.7. The molecule has 2 atom stereocenters. The van der Waals surface area contributed by atoms with Gasteiger partial charge < -0.3 is 10.2 Å². The van der Waals surface area contributed by atoms with Gasteiger partial charge in [-0.3, -0.25) is 9.52 Å². The van der Waals surface area contributed by atoms with Crippen LogP contribution in [-0.4, -0.2) is 45.4 Å². The van der Waals surface area contributed by atoms with Crippen LogP contribution in [0.5, 0.6) is 0 Å². The van der Waals surface area contributed by atoms with Crippen molar-refractivity contribution in [3.63, 3.8) is 0 Å². The van der Waals surface area contributed by atoms with Crippen LogP contribution in [0.1, 0.15) is 42.6 Å². The number of sulfonamides is 1. The third kappa shape index (κ3) is 6.70. The number of hydrogen-bond acceptors (Lipinski definition) is 4. The van der Waals surface area contributed by atoms with E-state index in [4.69, 9.17) is 11.6 Å². The number of halogens is 1. The van der Waals surface area contributed by atoms with E-state index in [-0.39, 0.29) is 15.8 Å². The van der Waals surface area contributed by atoms with Gasteiger partial charge in [-0.25, -0.2) is 8.42 Å². The van der Waals surface area contributed by atoms with Crippen molar-refractivity contribution < 1.29 is 13.2 Å². The smallest absolute Gasteiger partial charge is 0.261 e. The van der Waals surface area contributed by atoms with Gasteiger partial charge in [0.1, 0.15) is 0 Å². The minimum absolute atomic E-state index is 0.165. The van der Waals surface area contributed by atoms with Crippen molar-refractivity contribution in [3.8, 4) is 0 Å². The van der Waals surface area contributed by atoms with Gasteiger partial charge in [0.15, 0.2) is 0 Å². The molecule has 0 saturated carbocycles. The van der Waals surface area contributed by atoms with Crippen LogP contribution in [0.25, 0.3) is 0 Å². The van der Waals surface area contributed by atoms with Crippen molar-refractivity contribution in [1.29, 1.82) is 0 Å². The van der Waals surface area contributed by atoms with Gasteiger partial charge >= 0.3 is 0 Å². The normalized spacial score (nSPS) is 19.5. The topological polar surface area (TPSA) is 78.5 Å². The van der Waals surface area contributed by atoms with E-state index in [2.05, 4.69) is 28.8 Å². The third-order valence-corrected chi connectivity index (χ3v) is 7.39. The van der Waals surface area contributed by atoms with Gasteiger partial charge in [-0.05, 0) is 68.5 Å². The maximum Gasteiger partial charge on any atom is 0.261 e. The summed E-state index contributed by atoms with van der Waals surface area (Å²) in [5.74, 6) is 1.17. The summed E-state index contributed by atoms with van der Waals surface area (Å²) in [6, 6.07) is 11.1. The predicted molar refractivity (Wildman–Crippen MR) is 130 cm³/mol. The van der Waals surface area contributed by atoms with Gasteiger partial charge in [0.2, 0.25) is 0 Å². The molecule has 1 aliphatic heterocycles. The molecule has 0 aliphatic carbocycles. The molecule has 2 N–H and O–H groups in total. The fraction of sp³-hybridized carbons (Fsp3) is 0.458. The average molecular weight is 478 g/mol. The number of nitrogens with one attached hydrogen (secondary N) is 2. The number of hydrogen-bond donors (Lipinski definition) is 2. The largest absolute Gasteiger partial charge is 0.352 e. The fourth-order valence-electron chi connectivity index (χ4n) is 4.27. The SMILES string of the molecule is Cc1ccc(S(=O)(=O)Nc2ccc(C(=O)NCCCN3C[C@@H](C)C[C@H](C)C3)c(Cl)c2)cc1. The van der Waals surface area contributed by atoms with E-state index in [9.17, 15) is 13.2 Å². The Morgan fingerprint density at radius 3 is 2.38 bits per heavy atom. The van der Waals surface area contributed by atoms with E-state index >= 15 is 0 Å². The second-order valence-corrected chi connectivity index (χ2v) is 11.0. The van der Waals surface area contributed by atoms with Gasteiger partial charge in [0, 0.05) is 19.6 Å². The maximum absolute atomic E-state index is 12.6. The molecule has 0 spiro atoms. The minimum atomic E-state index is -3.73. The first-order valence-corrected chi connectivity index (χ1v) is 12.9. The zero-order valence-electron chi connectivity index (χ0n) is 18.9. The summed E-state index contributed by atoms with van der Waals surface area (Å²) in [6.07, 6.45) is 2.15. The fourth-order valence-corrected chi connectivity index (χ4v) is 5.58. The van der Waals surface area contributed by atoms with Crippen molar-refractivity contribution in [1.82, 2.24) is 10.2 Å².